The second-order valence-corrected chi connectivity index (χ2v) is 15.5. The first-order valence-corrected chi connectivity index (χ1v) is 18.2. The van der Waals surface area contributed by atoms with Crippen molar-refractivity contribution in [3.8, 4) is 44.5 Å². The maximum absolute atomic E-state index is 2.51. The Morgan fingerprint density at radius 3 is 1.35 bits per heavy atom. The lowest BCUT2D eigenvalue weighted by molar-refractivity contribution is 0.660. The van der Waals surface area contributed by atoms with Gasteiger partial charge in [-0.3, -0.25) is 0 Å². The summed E-state index contributed by atoms with van der Waals surface area (Å²) in [5.41, 5.74) is 21.8. The van der Waals surface area contributed by atoms with Crippen LogP contribution >= 0.6 is 0 Å². The lowest BCUT2D eigenvalue weighted by Crippen LogP contribution is -2.18. The van der Waals surface area contributed by atoms with Crippen LogP contribution < -0.4 is 4.90 Å². The SMILES string of the molecule is Cc1cc(N(c2ccc3c(c2)C(C)(C)c2ccccc2-3)c2ccc3c(c2)C(C)(C)c2ccccc2-3)c(C)cc1-c1ccccc1-c1ccccc1. The molecule has 0 amide bonds. The first-order chi connectivity index (χ1) is 24.6. The number of nitrogens with zero attached hydrogens (tertiary/aromatic N) is 1. The summed E-state index contributed by atoms with van der Waals surface area (Å²) >= 11 is 0. The standard InChI is InChI=1S/C50H43N/c1-32-29-48(33(2)28-43(32)38-19-11-10-18-37(38)34-16-8-7-9-17-34)51(35-24-26-41-39-20-12-14-22-44(39)49(3,4)46(41)30-35)36-25-27-42-40-21-13-15-23-45(40)50(5,6)47(42)31-36/h7-31H,1-6H3. The monoisotopic (exact) mass is 657 g/mol. The summed E-state index contributed by atoms with van der Waals surface area (Å²) in [5.74, 6) is 0. The van der Waals surface area contributed by atoms with Crippen LogP contribution in [0.5, 0.6) is 0 Å². The van der Waals surface area contributed by atoms with E-state index < -0.39 is 0 Å². The van der Waals surface area contributed by atoms with E-state index in [-0.39, 0.29) is 10.8 Å². The molecule has 51 heavy (non-hydrogen) atoms. The molecular weight excluding hydrogens is 615 g/mol. The molecule has 0 aromatic heterocycles. The van der Waals surface area contributed by atoms with Crippen molar-refractivity contribution in [2.24, 2.45) is 0 Å². The molecule has 0 radical (unpaired) electrons. The third-order valence-electron chi connectivity index (χ3n) is 11.7. The normalized spacial score (nSPS) is 14.4. The van der Waals surface area contributed by atoms with E-state index in [1.54, 1.807) is 0 Å². The van der Waals surface area contributed by atoms with Gasteiger partial charge >= 0.3 is 0 Å². The van der Waals surface area contributed by atoms with Gasteiger partial charge in [0.1, 0.15) is 0 Å². The van der Waals surface area contributed by atoms with Gasteiger partial charge in [0.25, 0.3) is 0 Å². The Bertz CT molecular complexity index is 2390. The topological polar surface area (TPSA) is 3.24 Å². The van der Waals surface area contributed by atoms with E-state index in [9.17, 15) is 0 Å². The summed E-state index contributed by atoms with van der Waals surface area (Å²) < 4.78 is 0. The van der Waals surface area contributed by atoms with Crippen molar-refractivity contribution in [3.05, 3.63) is 185 Å². The summed E-state index contributed by atoms with van der Waals surface area (Å²) in [6.45, 7) is 14.0. The number of rotatable bonds is 5. The molecule has 0 N–H and O–H groups in total. The van der Waals surface area contributed by atoms with Crippen molar-refractivity contribution in [1.29, 1.82) is 0 Å². The molecule has 0 spiro atoms. The Kier molecular flexibility index (Phi) is 7.03. The van der Waals surface area contributed by atoms with Crippen molar-refractivity contribution in [3.63, 3.8) is 0 Å². The number of anilines is 3. The van der Waals surface area contributed by atoms with Crippen LogP contribution in [0.2, 0.25) is 0 Å². The van der Waals surface area contributed by atoms with E-state index in [4.69, 9.17) is 0 Å². The number of fused-ring (bicyclic) bond motifs is 6. The van der Waals surface area contributed by atoms with Crippen LogP contribution in [0.1, 0.15) is 61.1 Å². The molecule has 0 atom stereocenters. The summed E-state index contributed by atoms with van der Waals surface area (Å²) in [6.07, 6.45) is 0. The number of benzene rings is 7. The Morgan fingerprint density at radius 1 is 0.353 bits per heavy atom. The van der Waals surface area contributed by atoms with Gasteiger partial charge in [0.15, 0.2) is 0 Å². The summed E-state index contributed by atoms with van der Waals surface area (Å²) in [4.78, 5) is 2.51. The minimum Gasteiger partial charge on any atom is -0.310 e. The number of hydrogen-bond acceptors (Lipinski definition) is 1. The Morgan fingerprint density at radius 2 is 0.804 bits per heavy atom. The Balaban J connectivity index is 1.24. The second kappa shape index (κ2) is 11.4. The van der Waals surface area contributed by atoms with Crippen LogP contribution in [-0.4, -0.2) is 0 Å². The third-order valence-corrected chi connectivity index (χ3v) is 11.7. The molecule has 0 aliphatic heterocycles. The third kappa shape index (κ3) is 4.75. The van der Waals surface area contributed by atoms with Crippen molar-refractivity contribution >= 4 is 17.1 Å². The van der Waals surface area contributed by atoms with Crippen LogP contribution in [0.4, 0.5) is 17.1 Å². The molecule has 0 saturated heterocycles. The maximum Gasteiger partial charge on any atom is 0.0493 e. The van der Waals surface area contributed by atoms with Crippen molar-refractivity contribution in [1.82, 2.24) is 0 Å². The molecule has 0 saturated carbocycles. The molecule has 0 heterocycles. The quantitative estimate of drug-likeness (QED) is 0.178. The fourth-order valence-electron chi connectivity index (χ4n) is 9.01. The van der Waals surface area contributed by atoms with Crippen LogP contribution in [-0.2, 0) is 10.8 Å². The zero-order valence-corrected chi connectivity index (χ0v) is 30.4. The van der Waals surface area contributed by atoms with Crippen LogP contribution in [0.3, 0.4) is 0 Å². The smallest absolute Gasteiger partial charge is 0.0493 e. The molecule has 9 rings (SSSR count). The molecule has 2 aliphatic rings. The highest BCUT2D eigenvalue weighted by Gasteiger charge is 2.37. The fourth-order valence-corrected chi connectivity index (χ4v) is 9.01. The molecular formula is C50H43N. The molecule has 1 heteroatoms. The zero-order chi connectivity index (χ0) is 35.1. The molecule has 0 unspecified atom stereocenters. The predicted molar refractivity (Wildman–Crippen MR) is 217 cm³/mol. The van der Waals surface area contributed by atoms with Crippen molar-refractivity contribution in [2.45, 2.75) is 52.4 Å². The van der Waals surface area contributed by atoms with E-state index >= 15 is 0 Å². The van der Waals surface area contributed by atoms with Gasteiger partial charge in [-0.2, -0.15) is 0 Å². The first-order valence-electron chi connectivity index (χ1n) is 18.2. The molecule has 0 bridgehead atoms. The zero-order valence-electron chi connectivity index (χ0n) is 30.4. The molecule has 7 aromatic carbocycles. The summed E-state index contributed by atoms with van der Waals surface area (Å²) in [5, 5.41) is 0. The highest BCUT2D eigenvalue weighted by molar-refractivity contribution is 5.91. The van der Waals surface area contributed by atoms with E-state index in [1.807, 2.05) is 0 Å². The van der Waals surface area contributed by atoms with E-state index in [0.29, 0.717) is 0 Å². The van der Waals surface area contributed by atoms with Crippen molar-refractivity contribution in [2.75, 3.05) is 4.90 Å². The lowest BCUT2D eigenvalue weighted by atomic mass is 9.82. The van der Waals surface area contributed by atoms with Crippen LogP contribution in [0, 0.1) is 13.8 Å². The van der Waals surface area contributed by atoms with Crippen molar-refractivity contribution < 1.29 is 0 Å². The minimum absolute atomic E-state index is 0.0921. The van der Waals surface area contributed by atoms with E-state index in [1.165, 1.54) is 95.0 Å². The highest BCUT2D eigenvalue weighted by Crippen LogP contribution is 2.53. The van der Waals surface area contributed by atoms with Gasteiger partial charge in [-0.1, -0.05) is 143 Å². The van der Waals surface area contributed by atoms with Gasteiger partial charge in [0.05, 0.1) is 0 Å². The average molecular weight is 658 g/mol. The van der Waals surface area contributed by atoms with Gasteiger partial charge in [0, 0.05) is 27.9 Å². The van der Waals surface area contributed by atoms with Gasteiger partial charge in [0.2, 0.25) is 0 Å². The van der Waals surface area contributed by atoms with Crippen LogP contribution in [0.25, 0.3) is 44.5 Å². The maximum atomic E-state index is 2.51. The minimum atomic E-state index is -0.0921. The Hall–Kier alpha value is -5.66. The largest absolute Gasteiger partial charge is 0.310 e. The molecule has 248 valence electrons. The number of hydrogen-bond donors (Lipinski definition) is 0. The van der Waals surface area contributed by atoms with E-state index in [2.05, 4.69) is 198 Å². The second-order valence-electron chi connectivity index (χ2n) is 15.5. The fraction of sp³-hybridized carbons (Fsp3) is 0.160. The number of aryl methyl sites for hydroxylation is 2. The predicted octanol–water partition coefficient (Wildman–Crippen LogP) is 13.7. The van der Waals surface area contributed by atoms with Gasteiger partial charge < -0.3 is 4.90 Å². The Labute approximate surface area is 302 Å². The molecule has 1 nitrogen and oxygen atoms in total. The highest BCUT2D eigenvalue weighted by atomic mass is 15.1. The molecule has 7 aromatic rings. The van der Waals surface area contributed by atoms with E-state index in [0.717, 1.165) is 0 Å². The average Bonchev–Trinajstić information content (AvgIpc) is 3.52. The molecule has 2 aliphatic carbocycles. The van der Waals surface area contributed by atoms with Gasteiger partial charge in [-0.15, -0.1) is 0 Å². The molecule has 0 fully saturated rings. The van der Waals surface area contributed by atoms with Gasteiger partial charge in [-0.05, 0) is 128 Å². The van der Waals surface area contributed by atoms with Crippen LogP contribution in [0.15, 0.2) is 152 Å². The summed E-state index contributed by atoms with van der Waals surface area (Å²) in [7, 11) is 0. The van der Waals surface area contributed by atoms with Gasteiger partial charge in [-0.25, -0.2) is 0 Å². The summed E-state index contributed by atoms with van der Waals surface area (Å²) in [6, 6.07) is 56.5. The first kappa shape index (κ1) is 31.3. The lowest BCUT2D eigenvalue weighted by Gasteiger charge is -2.31.